The van der Waals surface area contributed by atoms with Crippen molar-refractivity contribution in [1.82, 2.24) is 0 Å². The molecule has 2 fully saturated rings. The summed E-state index contributed by atoms with van der Waals surface area (Å²) in [5.74, 6) is 1.74. The van der Waals surface area contributed by atoms with Gasteiger partial charge in [0.2, 0.25) is 0 Å². The van der Waals surface area contributed by atoms with Gasteiger partial charge in [-0.25, -0.2) is 0 Å². The van der Waals surface area contributed by atoms with Crippen LogP contribution in [-0.2, 0) is 9.53 Å². The van der Waals surface area contributed by atoms with Crippen molar-refractivity contribution in [3.63, 3.8) is 0 Å². The maximum atomic E-state index is 11.8. The number of ether oxygens (including phenoxy) is 2. The number of allylic oxidation sites excluding steroid dienone is 1. The minimum Gasteiger partial charge on any atom is -0.496 e. The van der Waals surface area contributed by atoms with E-state index in [4.69, 9.17) is 21.1 Å². The number of cyclic esters (lactones) is 1. The standard InChI is InChI=1S/C15H15ClO3/c1-18-13-4-2-3-12(16)11(13)8-14-9-5-6-10(7-9)15(17)19-14/h2-4,8-10H,5-7H2,1H3. The Kier molecular flexibility index (Phi) is 3.23. The maximum absolute atomic E-state index is 11.8. The molecule has 0 aromatic heterocycles. The van der Waals surface area contributed by atoms with E-state index in [0.29, 0.717) is 16.7 Å². The predicted octanol–water partition coefficient (Wildman–Crippen LogP) is 3.66. The number of fused-ring (bicyclic) bond motifs is 2. The van der Waals surface area contributed by atoms with E-state index < -0.39 is 0 Å². The minimum atomic E-state index is -0.106. The van der Waals surface area contributed by atoms with Crippen LogP contribution < -0.4 is 4.74 Å². The van der Waals surface area contributed by atoms with Gasteiger partial charge >= 0.3 is 5.97 Å². The van der Waals surface area contributed by atoms with Gasteiger partial charge < -0.3 is 9.47 Å². The highest BCUT2D eigenvalue weighted by molar-refractivity contribution is 6.32. The topological polar surface area (TPSA) is 35.5 Å². The summed E-state index contributed by atoms with van der Waals surface area (Å²) < 4.78 is 10.7. The molecule has 3 rings (SSSR count). The summed E-state index contributed by atoms with van der Waals surface area (Å²) in [5, 5.41) is 0.600. The van der Waals surface area contributed by atoms with Crippen molar-refractivity contribution >= 4 is 23.6 Å². The number of halogens is 1. The predicted molar refractivity (Wildman–Crippen MR) is 72.9 cm³/mol. The molecule has 2 atom stereocenters. The second kappa shape index (κ2) is 4.89. The van der Waals surface area contributed by atoms with Gasteiger partial charge in [0.05, 0.1) is 18.1 Å². The summed E-state index contributed by atoms with van der Waals surface area (Å²) in [7, 11) is 1.60. The monoisotopic (exact) mass is 278 g/mol. The van der Waals surface area contributed by atoms with Gasteiger partial charge in [0.25, 0.3) is 0 Å². The fourth-order valence-electron chi connectivity index (χ4n) is 2.86. The zero-order valence-corrected chi connectivity index (χ0v) is 11.4. The van der Waals surface area contributed by atoms with Gasteiger partial charge in [0, 0.05) is 11.5 Å². The van der Waals surface area contributed by atoms with Crippen LogP contribution in [0.25, 0.3) is 6.08 Å². The molecule has 3 nitrogen and oxygen atoms in total. The fraction of sp³-hybridized carbons (Fsp3) is 0.400. The molecule has 0 radical (unpaired) electrons. The zero-order chi connectivity index (χ0) is 13.4. The average Bonchev–Trinajstić information content (AvgIpc) is 2.84. The lowest BCUT2D eigenvalue weighted by Crippen LogP contribution is -2.22. The molecule has 1 aliphatic heterocycles. The highest BCUT2D eigenvalue weighted by Gasteiger charge is 2.39. The van der Waals surface area contributed by atoms with Crippen LogP contribution in [0.2, 0.25) is 5.02 Å². The number of hydrogen-bond donors (Lipinski definition) is 0. The molecule has 1 heterocycles. The molecule has 1 aromatic rings. The number of carbonyl (C=O) groups excluding carboxylic acids is 1. The van der Waals surface area contributed by atoms with Crippen molar-refractivity contribution < 1.29 is 14.3 Å². The van der Waals surface area contributed by atoms with Crippen LogP contribution in [0.4, 0.5) is 0 Å². The SMILES string of the molecule is COc1cccc(Cl)c1C=C1OC(=O)C2CCC1C2. The van der Waals surface area contributed by atoms with Crippen LogP contribution in [0.3, 0.4) is 0 Å². The van der Waals surface area contributed by atoms with Gasteiger partial charge in [-0.3, -0.25) is 4.79 Å². The van der Waals surface area contributed by atoms with Crippen LogP contribution >= 0.6 is 11.6 Å². The molecule has 19 heavy (non-hydrogen) atoms. The lowest BCUT2D eigenvalue weighted by molar-refractivity contribution is -0.146. The smallest absolute Gasteiger partial charge is 0.314 e. The van der Waals surface area contributed by atoms with Gasteiger partial charge in [0.1, 0.15) is 11.5 Å². The average molecular weight is 279 g/mol. The van der Waals surface area contributed by atoms with Crippen LogP contribution in [0.15, 0.2) is 24.0 Å². The number of methoxy groups -OCH3 is 1. The molecular weight excluding hydrogens is 264 g/mol. The lowest BCUT2D eigenvalue weighted by atomic mass is 9.98. The molecule has 2 unspecified atom stereocenters. The highest BCUT2D eigenvalue weighted by Crippen LogP contribution is 2.43. The second-order valence-corrected chi connectivity index (χ2v) is 5.44. The molecule has 0 N–H and O–H groups in total. The molecule has 1 saturated heterocycles. The molecule has 0 spiro atoms. The third-order valence-electron chi connectivity index (χ3n) is 3.91. The molecule has 2 aliphatic rings. The summed E-state index contributed by atoms with van der Waals surface area (Å²) in [4.78, 5) is 11.8. The third kappa shape index (κ3) is 2.23. The fourth-order valence-corrected chi connectivity index (χ4v) is 3.08. The number of hydrogen-bond acceptors (Lipinski definition) is 3. The molecule has 100 valence electrons. The molecule has 2 bridgehead atoms. The van der Waals surface area contributed by atoms with E-state index >= 15 is 0 Å². The summed E-state index contributed by atoms with van der Waals surface area (Å²) in [6.07, 6.45) is 4.69. The number of carbonyl (C=O) groups is 1. The Morgan fingerprint density at radius 3 is 2.95 bits per heavy atom. The van der Waals surface area contributed by atoms with Crippen molar-refractivity contribution in [2.75, 3.05) is 7.11 Å². The summed E-state index contributed by atoms with van der Waals surface area (Å²) in [5.41, 5.74) is 0.778. The summed E-state index contributed by atoms with van der Waals surface area (Å²) >= 11 is 6.20. The van der Waals surface area contributed by atoms with Crippen molar-refractivity contribution in [3.05, 3.63) is 34.5 Å². The normalized spacial score (nSPS) is 27.5. The van der Waals surface area contributed by atoms with Crippen molar-refractivity contribution in [2.45, 2.75) is 19.3 Å². The molecular formula is C15H15ClO3. The van der Waals surface area contributed by atoms with Crippen molar-refractivity contribution in [3.8, 4) is 5.75 Å². The first-order chi connectivity index (χ1) is 9.19. The molecule has 1 aliphatic carbocycles. The molecule has 0 amide bonds. The Morgan fingerprint density at radius 2 is 2.16 bits per heavy atom. The van der Waals surface area contributed by atoms with E-state index in [9.17, 15) is 4.79 Å². The van der Waals surface area contributed by atoms with Crippen LogP contribution in [-0.4, -0.2) is 13.1 Å². The minimum absolute atomic E-state index is 0.0929. The third-order valence-corrected chi connectivity index (χ3v) is 4.24. The highest BCUT2D eigenvalue weighted by atomic mass is 35.5. The Balaban J connectivity index is 1.99. The van der Waals surface area contributed by atoms with Gasteiger partial charge in [-0.2, -0.15) is 0 Å². The maximum Gasteiger partial charge on any atom is 0.314 e. The Hall–Kier alpha value is -1.48. The van der Waals surface area contributed by atoms with E-state index in [1.807, 2.05) is 18.2 Å². The van der Waals surface area contributed by atoms with E-state index in [-0.39, 0.29) is 11.9 Å². The Labute approximate surface area is 117 Å². The van der Waals surface area contributed by atoms with Crippen LogP contribution in [0.5, 0.6) is 5.75 Å². The van der Waals surface area contributed by atoms with Crippen LogP contribution in [0, 0.1) is 11.8 Å². The molecule has 1 saturated carbocycles. The van der Waals surface area contributed by atoms with Gasteiger partial charge in [-0.15, -0.1) is 0 Å². The summed E-state index contributed by atoms with van der Waals surface area (Å²) in [6.45, 7) is 0. The van der Waals surface area contributed by atoms with E-state index in [1.165, 1.54) is 0 Å². The van der Waals surface area contributed by atoms with Crippen LogP contribution in [0.1, 0.15) is 24.8 Å². The molecule has 1 aromatic carbocycles. The Morgan fingerprint density at radius 1 is 1.37 bits per heavy atom. The number of esters is 1. The van der Waals surface area contributed by atoms with E-state index in [0.717, 1.165) is 30.6 Å². The van der Waals surface area contributed by atoms with E-state index in [1.54, 1.807) is 13.2 Å². The Bertz CT molecular complexity index is 550. The quantitative estimate of drug-likeness (QED) is 0.775. The largest absolute Gasteiger partial charge is 0.496 e. The van der Waals surface area contributed by atoms with Gasteiger partial charge in [-0.05, 0) is 37.5 Å². The van der Waals surface area contributed by atoms with Crippen molar-refractivity contribution in [1.29, 1.82) is 0 Å². The van der Waals surface area contributed by atoms with Gasteiger partial charge in [0.15, 0.2) is 0 Å². The number of benzene rings is 1. The van der Waals surface area contributed by atoms with E-state index in [2.05, 4.69) is 0 Å². The first kappa shape index (κ1) is 12.5. The second-order valence-electron chi connectivity index (χ2n) is 5.03. The summed E-state index contributed by atoms with van der Waals surface area (Å²) in [6, 6.07) is 5.49. The number of rotatable bonds is 2. The zero-order valence-electron chi connectivity index (χ0n) is 10.7. The first-order valence-electron chi connectivity index (χ1n) is 6.45. The first-order valence-corrected chi connectivity index (χ1v) is 6.82. The van der Waals surface area contributed by atoms with Gasteiger partial charge in [-0.1, -0.05) is 17.7 Å². The lowest BCUT2D eigenvalue weighted by Gasteiger charge is -2.21. The van der Waals surface area contributed by atoms with Crippen molar-refractivity contribution in [2.24, 2.45) is 11.8 Å². The molecule has 4 heteroatoms.